The minimum Gasteiger partial charge on any atom is -0.478 e. The first-order valence-electron chi connectivity index (χ1n) is 5.65. The fraction of sp³-hybridized carbons (Fsp3) is 0.0714. The molecule has 0 fully saturated rings. The Morgan fingerprint density at radius 1 is 1.45 bits per heavy atom. The number of carboxylic acid groups (broad SMARTS) is 1. The van der Waals surface area contributed by atoms with E-state index in [1.54, 1.807) is 36.2 Å². The van der Waals surface area contributed by atoms with Gasteiger partial charge in [-0.05, 0) is 40.2 Å². The number of aromatic carboxylic acids is 1. The van der Waals surface area contributed by atoms with Gasteiger partial charge in [0.1, 0.15) is 11.4 Å². The Morgan fingerprint density at radius 3 is 2.85 bits per heavy atom. The van der Waals surface area contributed by atoms with Gasteiger partial charge in [0.15, 0.2) is 0 Å². The second-order valence-electron chi connectivity index (χ2n) is 4.05. The van der Waals surface area contributed by atoms with Crippen LogP contribution < -0.4 is 4.90 Å². The molecule has 0 unspecified atom stereocenters. The van der Waals surface area contributed by atoms with E-state index in [0.29, 0.717) is 21.5 Å². The summed E-state index contributed by atoms with van der Waals surface area (Å²) < 4.78 is 0.595. The third-order valence-electron chi connectivity index (χ3n) is 2.74. The highest BCUT2D eigenvalue weighted by Crippen LogP contribution is 2.27. The lowest BCUT2D eigenvalue weighted by atomic mass is 10.2. The average molecular weight is 332 g/mol. The maximum atomic E-state index is 11.3. The maximum absolute atomic E-state index is 11.3. The SMILES string of the molecule is CN(c1cccc(C#N)c1)c1ncc(Br)cc1C(=O)O. The first-order chi connectivity index (χ1) is 9.52. The lowest BCUT2D eigenvalue weighted by Gasteiger charge is -2.20. The first kappa shape index (κ1) is 14.0. The Labute approximate surface area is 124 Å². The van der Waals surface area contributed by atoms with Crippen LogP contribution in [-0.2, 0) is 0 Å². The normalized spacial score (nSPS) is 9.85. The number of hydrogen-bond donors (Lipinski definition) is 1. The van der Waals surface area contributed by atoms with Crippen LogP contribution in [0.15, 0.2) is 41.0 Å². The second-order valence-corrected chi connectivity index (χ2v) is 4.97. The summed E-state index contributed by atoms with van der Waals surface area (Å²) in [5.41, 5.74) is 1.29. The number of pyridine rings is 1. The molecule has 5 nitrogen and oxygen atoms in total. The molecule has 2 aromatic rings. The summed E-state index contributed by atoms with van der Waals surface area (Å²) in [4.78, 5) is 17.1. The molecule has 1 aromatic heterocycles. The van der Waals surface area contributed by atoms with Crippen LogP contribution in [0.3, 0.4) is 0 Å². The van der Waals surface area contributed by atoms with Crippen molar-refractivity contribution in [2.75, 3.05) is 11.9 Å². The van der Waals surface area contributed by atoms with E-state index in [4.69, 9.17) is 5.26 Å². The number of carbonyl (C=O) groups is 1. The minimum absolute atomic E-state index is 0.0873. The minimum atomic E-state index is -1.06. The molecule has 0 saturated carbocycles. The van der Waals surface area contributed by atoms with Gasteiger partial charge < -0.3 is 10.0 Å². The zero-order valence-electron chi connectivity index (χ0n) is 10.5. The largest absolute Gasteiger partial charge is 0.478 e. The second kappa shape index (κ2) is 5.72. The summed E-state index contributed by atoms with van der Waals surface area (Å²) in [6, 6.07) is 10.4. The van der Waals surface area contributed by atoms with Gasteiger partial charge in [0.05, 0.1) is 11.6 Å². The molecule has 1 N–H and O–H groups in total. The number of nitriles is 1. The van der Waals surface area contributed by atoms with Crippen molar-refractivity contribution >= 4 is 33.4 Å². The molecule has 0 amide bonds. The van der Waals surface area contributed by atoms with Gasteiger partial charge in [-0.1, -0.05) is 6.07 Å². The number of halogens is 1. The van der Waals surface area contributed by atoms with Crippen molar-refractivity contribution in [1.29, 1.82) is 5.26 Å². The molecule has 0 spiro atoms. The van der Waals surface area contributed by atoms with Crippen LogP contribution in [0.5, 0.6) is 0 Å². The quantitative estimate of drug-likeness (QED) is 0.934. The van der Waals surface area contributed by atoms with E-state index in [-0.39, 0.29) is 5.56 Å². The lowest BCUT2D eigenvalue weighted by Crippen LogP contribution is -2.16. The van der Waals surface area contributed by atoms with Gasteiger partial charge in [0, 0.05) is 23.4 Å². The molecule has 0 bridgehead atoms. The van der Waals surface area contributed by atoms with Crippen molar-refractivity contribution in [3.8, 4) is 6.07 Å². The maximum Gasteiger partial charge on any atom is 0.339 e. The molecule has 0 saturated heterocycles. The molecular weight excluding hydrogens is 322 g/mol. The van der Waals surface area contributed by atoms with E-state index in [0.717, 1.165) is 0 Å². The molecule has 0 radical (unpaired) electrons. The fourth-order valence-electron chi connectivity index (χ4n) is 1.76. The summed E-state index contributed by atoms with van der Waals surface area (Å²) in [6.45, 7) is 0. The Hall–Kier alpha value is -2.39. The van der Waals surface area contributed by atoms with Crippen LogP contribution in [0.4, 0.5) is 11.5 Å². The molecule has 0 aliphatic carbocycles. The van der Waals surface area contributed by atoms with Crippen LogP contribution in [0.2, 0.25) is 0 Å². The summed E-state index contributed by atoms with van der Waals surface area (Å²) in [7, 11) is 1.71. The number of rotatable bonds is 3. The molecular formula is C14H10BrN3O2. The zero-order chi connectivity index (χ0) is 14.7. The van der Waals surface area contributed by atoms with Gasteiger partial charge in [0.2, 0.25) is 0 Å². The number of benzene rings is 1. The van der Waals surface area contributed by atoms with Crippen LogP contribution in [0, 0.1) is 11.3 Å². The molecule has 100 valence electrons. The van der Waals surface area contributed by atoms with Gasteiger partial charge in [-0.15, -0.1) is 0 Å². The average Bonchev–Trinajstić information content (AvgIpc) is 2.46. The predicted molar refractivity (Wildman–Crippen MR) is 78.1 cm³/mol. The van der Waals surface area contributed by atoms with E-state index in [2.05, 4.69) is 20.9 Å². The molecule has 0 aliphatic heterocycles. The van der Waals surface area contributed by atoms with Gasteiger partial charge >= 0.3 is 5.97 Å². The first-order valence-corrected chi connectivity index (χ1v) is 6.45. The number of aromatic nitrogens is 1. The van der Waals surface area contributed by atoms with Crippen LogP contribution in [0.1, 0.15) is 15.9 Å². The number of carboxylic acids is 1. The number of anilines is 2. The van der Waals surface area contributed by atoms with E-state index in [1.807, 2.05) is 6.07 Å². The highest BCUT2D eigenvalue weighted by atomic mass is 79.9. The van der Waals surface area contributed by atoms with E-state index in [9.17, 15) is 9.90 Å². The third kappa shape index (κ3) is 2.78. The van der Waals surface area contributed by atoms with Crippen molar-refractivity contribution in [2.45, 2.75) is 0 Å². The summed E-state index contributed by atoms with van der Waals surface area (Å²) >= 11 is 3.21. The van der Waals surface area contributed by atoms with Crippen molar-refractivity contribution < 1.29 is 9.90 Å². The van der Waals surface area contributed by atoms with E-state index in [1.165, 1.54) is 12.3 Å². The summed E-state index contributed by atoms with van der Waals surface area (Å²) in [5.74, 6) is -0.743. The van der Waals surface area contributed by atoms with Crippen molar-refractivity contribution in [2.24, 2.45) is 0 Å². The molecule has 2 rings (SSSR count). The Kier molecular flexibility index (Phi) is 4.01. The lowest BCUT2D eigenvalue weighted by molar-refractivity contribution is 0.0697. The van der Waals surface area contributed by atoms with Crippen LogP contribution in [-0.4, -0.2) is 23.1 Å². The van der Waals surface area contributed by atoms with Crippen molar-refractivity contribution in [3.05, 3.63) is 52.1 Å². The Bertz CT molecular complexity index is 710. The molecule has 0 aliphatic rings. The molecule has 1 aromatic carbocycles. The third-order valence-corrected chi connectivity index (χ3v) is 3.18. The number of nitrogens with zero attached hydrogens (tertiary/aromatic N) is 3. The van der Waals surface area contributed by atoms with Gasteiger partial charge in [-0.25, -0.2) is 9.78 Å². The van der Waals surface area contributed by atoms with Crippen LogP contribution in [0.25, 0.3) is 0 Å². The van der Waals surface area contributed by atoms with Crippen molar-refractivity contribution in [3.63, 3.8) is 0 Å². The number of hydrogen-bond acceptors (Lipinski definition) is 4. The highest BCUT2D eigenvalue weighted by molar-refractivity contribution is 9.10. The molecule has 20 heavy (non-hydrogen) atoms. The standard InChI is InChI=1S/C14H10BrN3O2/c1-18(11-4-2-3-9(5-11)7-16)13-12(14(19)20)6-10(15)8-17-13/h2-6,8H,1H3,(H,19,20). The Balaban J connectivity index is 2.50. The fourth-order valence-corrected chi connectivity index (χ4v) is 2.09. The zero-order valence-corrected chi connectivity index (χ0v) is 12.1. The van der Waals surface area contributed by atoms with Gasteiger partial charge in [-0.2, -0.15) is 5.26 Å². The van der Waals surface area contributed by atoms with E-state index < -0.39 is 5.97 Å². The highest BCUT2D eigenvalue weighted by Gasteiger charge is 2.17. The summed E-state index contributed by atoms with van der Waals surface area (Å²) in [5, 5.41) is 18.2. The smallest absolute Gasteiger partial charge is 0.339 e. The summed E-state index contributed by atoms with van der Waals surface area (Å²) in [6.07, 6.45) is 1.53. The van der Waals surface area contributed by atoms with Crippen LogP contribution >= 0.6 is 15.9 Å². The van der Waals surface area contributed by atoms with E-state index >= 15 is 0 Å². The topological polar surface area (TPSA) is 77.2 Å². The van der Waals surface area contributed by atoms with Gasteiger partial charge in [-0.3, -0.25) is 0 Å². The molecule has 6 heteroatoms. The molecule has 1 heterocycles. The van der Waals surface area contributed by atoms with Gasteiger partial charge in [0.25, 0.3) is 0 Å². The monoisotopic (exact) mass is 331 g/mol. The predicted octanol–water partition coefficient (Wildman–Crippen LogP) is 3.18. The van der Waals surface area contributed by atoms with Crippen molar-refractivity contribution in [1.82, 2.24) is 4.98 Å². The Morgan fingerprint density at radius 2 is 2.20 bits per heavy atom. The molecule has 0 atom stereocenters.